The first-order valence-corrected chi connectivity index (χ1v) is 27.2. The van der Waals surface area contributed by atoms with E-state index in [1.165, 1.54) is 77.0 Å². The Morgan fingerprint density at radius 1 is 0.538 bits per heavy atom. The average molecular weight is 925 g/mol. The fraction of sp³-hybridized carbons (Fsp3) is 0.661. The molecule has 8 nitrogen and oxygen atoms in total. The molecule has 372 valence electrons. The Hall–Kier alpha value is -2.84. The Balaban J connectivity index is 4.08. The summed E-state index contributed by atoms with van der Waals surface area (Å²) < 4.78 is 23.2. The molecule has 0 aromatic carbocycles. The van der Waals surface area contributed by atoms with Crippen molar-refractivity contribution in [2.24, 2.45) is 0 Å². The third kappa shape index (κ3) is 48.9. The third-order valence-corrected chi connectivity index (χ3v) is 11.7. The molecule has 0 bridgehead atoms. The zero-order valence-corrected chi connectivity index (χ0v) is 43.0. The summed E-state index contributed by atoms with van der Waals surface area (Å²) in [7, 11) is 1.22. The van der Waals surface area contributed by atoms with Crippen LogP contribution in [0.2, 0.25) is 0 Å². The normalized spacial score (nSPS) is 15.0. The Morgan fingerprint density at radius 2 is 0.908 bits per heavy atom. The van der Waals surface area contributed by atoms with Crippen LogP contribution in [0.5, 0.6) is 0 Å². The number of phosphoric ester groups is 1. The molecular formula is C56H97N2O6P. The number of carbonyl (C=O) groups excluding carboxylic acids is 1. The van der Waals surface area contributed by atoms with Crippen LogP contribution in [0.1, 0.15) is 187 Å². The lowest BCUT2D eigenvalue weighted by atomic mass is 10.0. The molecular weight excluding hydrogens is 828 g/mol. The summed E-state index contributed by atoms with van der Waals surface area (Å²) in [6.45, 7) is 4.35. The maximum atomic E-state index is 12.9. The summed E-state index contributed by atoms with van der Waals surface area (Å²) >= 11 is 0. The molecule has 0 heterocycles. The number of quaternary nitrogens is 1. The predicted octanol–water partition coefficient (Wildman–Crippen LogP) is 14.6. The van der Waals surface area contributed by atoms with Gasteiger partial charge in [-0.1, -0.05) is 200 Å². The second kappa shape index (κ2) is 46.3. The van der Waals surface area contributed by atoms with Gasteiger partial charge in [0.15, 0.2) is 0 Å². The van der Waals surface area contributed by atoms with Gasteiger partial charge in [0.2, 0.25) is 5.91 Å². The molecule has 0 radical (unpaired) electrons. The van der Waals surface area contributed by atoms with Gasteiger partial charge in [0.05, 0.1) is 39.9 Å². The van der Waals surface area contributed by atoms with Gasteiger partial charge in [-0.15, -0.1) is 0 Å². The number of nitrogens with one attached hydrogen (secondary N) is 1. The molecule has 0 aromatic rings. The van der Waals surface area contributed by atoms with Gasteiger partial charge >= 0.3 is 0 Å². The molecule has 0 saturated carbocycles. The molecule has 0 saturated heterocycles. The minimum absolute atomic E-state index is 0.0140. The molecule has 3 unspecified atom stereocenters. The lowest BCUT2D eigenvalue weighted by molar-refractivity contribution is -0.870. The van der Waals surface area contributed by atoms with Crippen molar-refractivity contribution in [2.75, 3.05) is 40.9 Å². The van der Waals surface area contributed by atoms with E-state index >= 15 is 0 Å². The number of amides is 1. The van der Waals surface area contributed by atoms with Crippen molar-refractivity contribution < 1.29 is 32.9 Å². The molecule has 9 heteroatoms. The molecule has 3 atom stereocenters. The van der Waals surface area contributed by atoms with Crippen LogP contribution in [0, 0.1) is 0 Å². The van der Waals surface area contributed by atoms with Crippen LogP contribution in [0.4, 0.5) is 0 Å². The molecule has 1 amide bonds. The maximum absolute atomic E-state index is 12.9. The van der Waals surface area contributed by atoms with Gasteiger partial charge < -0.3 is 28.8 Å². The van der Waals surface area contributed by atoms with Crippen molar-refractivity contribution >= 4 is 13.7 Å². The van der Waals surface area contributed by atoms with Gasteiger partial charge in [-0.2, -0.15) is 0 Å². The van der Waals surface area contributed by atoms with Crippen LogP contribution in [0.3, 0.4) is 0 Å². The number of phosphoric acid groups is 1. The number of unbranched alkanes of at least 4 members (excludes halogenated alkanes) is 16. The monoisotopic (exact) mass is 925 g/mol. The zero-order chi connectivity index (χ0) is 47.8. The van der Waals surface area contributed by atoms with Gasteiger partial charge in [0, 0.05) is 6.42 Å². The number of hydrogen-bond donors (Lipinski definition) is 2. The summed E-state index contributed by atoms with van der Waals surface area (Å²) in [5.74, 6) is -0.220. The van der Waals surface area contributed by atoms with Crippen molar-refractivity contribution in [2.45, 2.75) is 199 Å². The number of carbonyl (C=O) groups is 1. The van der Waals surface area contributed by atoms with Crippen LogP contribution < -0.4 is 10.2 Å². The lowest BCUT2D eigenvalue weighted by Crippen LogP contribution is -2.45. The highest BCUT2D eigenvalue weighted by Gasteiger charge is 2.23. The summed E-state index contributed by atoms with van der Waals surface area (Å²) in [6, 6.07) is -0.914. The minimum atomic E-state index is -4.60. The molecule has 0 aromatic heterocycles. The van der Waals surface area contributed by atoms with Crippen LogP contribution >= 0.6 is 7.82 Å². The average Bonchev–Trinajstić information content (AvgIpc) is 3.26. The third-order valence-electron chi connectivity index (χ3n) is 10.7. The van der Waals surface area contributed by atoms with Crippen molar-refractivity contribution in [3.05, 3.63) is 109 Å². The highest BCUT2D eigenvalue weighted by Crippen LogP contribution is 2.38. The SMILES string of the molecule is CC/C=C\C/C=C\C/C=C\C/C=C\C/C=C\C/C=C\CCCCCCCCCCCCCCCCC(=O)NC(COP(=O)([O-])OCC[N+](C)(C)C)C(O)/C=C/CC/C=C/CC/C=C/CC. The number of aliphatic hydroxyl groups is 1. The van der Waals surface area contributed by atoms with Crippen molar-refractivity contribution in [1.82, 2.24) is 5.32 Å². The summed E-state index contributed by atoms with van der Waals surface area (Å²) in [5.41, 5.74) is 0. The number of allylic oxidation sites excluding steroid dienone is 17. The van der Waals surface area contributed by atoms with Crippen LogP contribution in [-0.4, -0.2) is 68.5 Å². The fourth-order valence-electron chi connectivity index (χ4n) is 6.72. The van der Waals surface area contributed by atoms with Crippen molar-refractivity contribution in [1.29, 1.82) is 0 Å². The molecule has 2 N–H and O–H groups in total. The molecule has 0 fully saturated rings. The smallest absolute Gasteiger partial charge is 0.268 e. The molecule has 0 aliphatic heterocycles. The van der Waals surface area contributed by atoms with Crippen LogP contribution in [0.25, 0.3) is 0 Å². The largest absolute Gasteiger partial charge is 0.756 e. The molecule has 0 rings (SSSR count). The Kier molecular flexibility index (Phi) is 44.3. The highest BCUT2D eigenvalue weighted by atomic mass is 31.2. The maximum Gasteiger partial charge on any atom is 0.268 e. The van der Waals surface area contributed by atoms with Crippen molar-refractivity contribution in [3.8, 4) is 0 Å². The first-order valence-electron chi connectivity index (χ1n) is 25.7. The van der Waals surface area contributed by atoms with E-state index in [0.29, 0.717) is 17.4 Å². The van der Waals surface area contributed by atoms with Crippen molar-refractivity contribution in [3.63, 3.8) is 0 Å². The summed E-state index contributed by atoms with van der Waals surface area (Å²) in [4.78, 5) is 25.3. The molecule has 65 heavy (non-hydrogen) atoms. The van der Waals surface area contributed by atoms with E-state index in [1.54, 1.807) is 6.08 Å². The predicted molar refractivity (Wildman–Crippen MR) is 279 cm³/mol. The van der Waals surface area contributed by atoms with E-state index in [4.69, 9.17) is 9.05 Å². The summed E-state index contributed by atoms with van der Waals surface area (Å²) in [6.07, 6.45) is 67.5. The molecule has 0 aliphatic carbocycles. The Labute approximate surface area is 400 Å². The number of hydrogen-bond acceptors (Lipinski definition) is 6. The zero-order valence-electron chi connectivity index (χ0n) is 42.1. The first kappa shape index (κ1) is 62.2. The number of rotatable bonds is 45. The van der Waals surface area contributed by atoms with Gasteiger partial charge in [0.1, 0.15) is 13.2 Å². The van der Waals surface area contributed by atoms with Crippen LogP contribution in [0.15, 0.2) is 109 Å². The van der Waals surface area contributed by atoms with E-state index in [2.05, 4.69) is 116 Å². The van der Waals surface area contributed by atoms with Gasteiger partial charge in [-0.3, -0.25) is 9.36 Å². The number of likely N-dealkylation sites (N-methyl/N-ethyl adjacent to an activating group) is 1. The second-order valence-electron chi connectivity index (χ2n) is 18.1. The molecule has 0 aliphatic rings. The summed E-state index contributed by atoms with van der Waals surface area (Å²) in [5, 5.41) is 13.7. The quantitative estimate of drug-likeness (QED) is 0.0273. The second-order valence-corrected chi connectivity index (χ2v) is 19.5. The van der Waals surface area contributed by atoms with Gasteiger partial charge in [-0.05, 0) is 89.9 Å². The Morgan fingerprint density at radius 3 is 1.37 bits per heavy atom. The number of aliphatic hydroxyl groups excluding tert-OH is 1. The highest BCUT2D eigenvalue weighted by molar-refractivity contribution is 7.45. The van der Waals surface area contributed by atoms with Gasteiger partial charge in [-0.25, -0.2) is 0 Å². The van der Waals surface area contributed by atoms with E-state index in [0.717, 1.165) is 89.9 Å². The topological polar surface area (TPSA) is 108 Å². The van der Waals surface area contributed by atoms with E-state index in [-0.39, 0.29) is 12.5 Å². The van der Waals surface area contributed by atoms with E-state index in [1.807, 2.05) is 27.2 Å². The molecule has 0 spiro atoms. The first-order chi connectivity index (χ1) is 31.5. The Bertz CT molecular complexity index is 1420. The van der Waals surface area contributed by atoms with E-state index < -0.39 is 26.6 Å². The van der Waals surface area contributed by atoms with Crippen LogP contribution in [-0.2, 0) is 18.4 Å². The van der Waals surface area contributed by atoms with E-state index in [9.17, 15) is 19.4 Å². The van der Waals surface area contributed by atoms with Gasteiger partial charge in [0.25, 0.3) is 7.82 Å². The standard InChI is InChI=1S/C56H97N2O6P/c1-6-8-10-12-14-16-18-19-20-21-22-23-24-25-26-27-28-29-30-31-32-33-34-35-36-37-38-39-40-42-44-46-48-50-56(60)57-54(53-64-65(61,62)63-52-51-58(3,4)5)55(59)49-47-45-43-41-17-15-13-11-9-7-2/h8-11,14,16-17,19-20,22-23,25-26,28-29,41,47,49,54-55,59H,6-7,12-13,15,18,21,24,27,30-40,42-46,48,50-53H2,1-5H3,(H-,57,60,61,62)/b10-8-,11-9+,16-14-,20-19-,23-22-,26-25-,29-28-,41-17+,49-47+. The fourth-order valence-corrected chi connectivity index (χ4v) is 7.45. The number of nitrogens with zero attached hydrogens (tertiary/aromatic N) is 1. The minimum Gasteiger partial charge on any atom is -0.756 e. The lowest BCUT2D eigenvalue weighted by Gasteiger charge is -2.29.